The molecule has 0 saturated carbocycles. The molecule has 0 amide bonds. The van der Waals surface area contributed by atoms with Gasteiger partial charge in [-0.2, -0.15) is 5.10 Å². The van der Waals surface area contributed by atoms with Gasteiger partial charge in [0, 0.05) is 13.2 Å². The zero-order chi connectivity index (χ0) is 12.8. The molecule has 0 saturated heterocycles. The van der Waals surface area contributed by atoms with Gasteiger partial charge in [-0.1, -0.05) is 0 Å². The van der Waals surface area contributed by atoms with Gasteiger partial charge in [0.1, 0.15) is 14.8 Å². The summed E-state index contributed by atoms with van der Waals surface area (Å²) >= 11 is 6.57. The molecule has 1 rings (SSSR count). The van der Waals surface area contributed by atoms with Crippen LogP contribution in [0.2, 0.25) is 0 Å². The SMILES string of the molecule is CCOC(=O)c1c(Br)nn(CCCCO)c1Br. The van der Waals surface area contributed by atoms with Crippen LogP contribution in [0, 0.1) is 0 Å². The summed E-state index contributed by atoms with van der Waals surface area (Å²) in [7, 11) is 0. The second kappa shape index (κ2) is 7.13. The monoisotopic (exact) mass is 368 g/mol. The normalized spacial score (nSPS) is 10.6. The van der Waals surface area contributed by atoms with Crippen molar-refractivity contribution in [2.24, 2.45) is 0 Å². The van der Waals surface area contributed by atoms with E-state index in [1.54, 1.807) is 11.6 Å². The second-order valence-electron chi connectivity index (χ2n) is 3.33. The van der Waals surface area contributed by atoms with Crippen molar-refractivity contribution < 1.29 is 14.6 Å². The molecule has 1 aromatic rings. The molecule has 7 heteroatoms. The van der Waals surface area contributed by atoms with Gasteiger partial charge in [-0.05, 0) is 51.6 Å². The molecule has 1 heterocycles. The zero-order valence-corrected chi connectivity index (χ0v) is 12.6. The zero-order valence-electron chi connectivity index (χ0n) is 9.45. The molecule has 5 nitrogen and oxygen atoms in total. The Balaban J connectivity index is 2.82. The number of carbonyl (C=O) groups excluding carboxylic acids is 1. The number of aliphatic hydroxyl groups is 1. The van der Waals surface area contributed by atoms with E-state index in [4.69, 9.17) is 9.84 Å². The Bertz CT molecular complexity index is 393. The van der Waals surface area contributed by atoms with Crippen LogP contribution in [-0.4, -0.2) is 34.1 Å². The molecule has 0 spiro atoms. The number of nitrogens with zero attached hydrogens (tertiary/aromatic N) is 2. The van der Waals surface area contributed by atoms with Crippen LogP contribution in [0.1, 0.15) is 30.1 Å². The van der Waals surface area contributed by atoms with Crippen molar-refractivity contribution in [1.82, 2.24) is 9.78 Å². The van der Waals surface area contributed by atoms with Crippen molar-refractivity contribution in [1.29, 1.82) is 0 Å². The lowest BCUT2D eigenvalue weighted by atomic mass is 10.3. The maximum atomic E-state index is 11.7. The van der Waals surface area contributed by atoms with Crippen LogP contribution in [0.25, 0.3) is 0 Å². The Morgan fingerprint density at radius 1 is 1.47 bits per heavy atom. The Kier molecular flexibility index (Phi) is 6.15. The average Bonchev–Trinajstić information content (AvgIpc) is 2.55. The number of carbonyl (C=O) groups is 1. The highest BCUT2D eigenvalue weighted by Crippen LogP contribution is 2.26. The summed E-state index contributed by atoms with van der Waals surface area (Å²) in [5.74, 6) is -0.403. The molecule has 96 valence electrons. The number of halogens is 2. The Morgan fingerprint density at radius 3 is 2.76 bits per heavy atom. The fraction of sp³-hybridized carbons (Fsp3) is 0.600. The van der Waals surface area contributed by atoms with Crippen LogP contribution >= 0.6 is 31.9 Å². The smallest absolute Gasteiger partial charge is 0.343 e. The number of esters is 1. The molecule has 0 atom stereocenters. The molecule has 0 aliphatic rings. The average molecular weight is 370 g/mol. The number of hydrogen-bond donors (Lipinski definition) is 1. The van der Waals surface area contributed by atoms with Crippen molar-refractivity contribution in [3.63, 3.8) is 0 Å². The highest BCUT2D eigenvalue weighted by molar-refractivity contribution is 9.11. The van der Waals surface area contributed by atoms with E-state index in [9.17, 15) is 4.79 Å². The van der Waals surface area contributed by atoms with Gasteiger partial charge in [-0.3, -0.25) is 4.68 Å². The predicted octanol–water partition coefficient (Wildman–Crippen LogP) is 2.36. The molecule has 0 aromatic carbocycles. The summed E-state index contributed by atoms with van der Waals surface area (Å²) in [6.45, 7) is 2.88. The van der Waals surface area contributed by atoms with Crippen LogP contribution in [0.4, 0.5) is 0 Å². The maximum Gasteiger partial charge on any atom is 0.343 e. The van der Waals surface area contributed by atoms with E-state index >= 15 is 0 Å². The van der Waals surface area contributed by atoms with E-state index in [2.05, 4.69) is 37.0 Å². The lowest BCUT2D eigenvalue weighted by molar-refractivity contribution is 0.0524. The lowest BCUT2D eigenvalue weighted by Crippen LogP contribution is -2.06. The molecule has 0 bridgehead atoms. The Morgan fingerprint density at radius 2 is 2.18 bits per heavy atom. The van der Waals surface area contributed by atoms with E-state index in [1.165, 1.54) is 0 Å². The van der Waals surface area contributed by atoms with Crippen LogP contribution in [0.5, 0.6) is 0 Å². The summed E-state index contributed by atoms with van der Waals surface area (Å²) in [5, 5.41) is 12.9. The molecule has 0 aliphatic heterocycles. The molecule has 0 unspecified atom stereocenters. The third kappa shape index (κ3) is 3.79. The van der Waals surface area contributed by atoms with Crippen LogP contribution in [-0.2, 0) is 11.3 Å². The van der Waals surface area contributed by atoms with Crippen molar-refractivity contribution in [3.05, 3.63) is 14.8 Å². The first-order chi connectivity index (χ1) is 8.11. The van der Waals surface area contributed by atoms with E-state index in [0.717, 1.165) is 6.42 Å². The molecule has 0 fully saturated rings. The standard InChI is InChI=1S/C10H14Br2N2O3/c1-2-17-10(16)7-8(11)13-14(9(7)12)5-3-4-6-15/h15H,2-6H2,1H3. The van der Waals surface area contributed by atoms with Gasteiger partial charge in [-0.15, -0.1) is 0 Å². The molecule has 0 radical (unpaired) electrons. The minimum atomic E-state index is -0.403. The minimum Gasteiger partial charge on any atom is -0.462 e. The van der Waals surface area contributed by atoms with E-state index in [0.29, 0.717) is 34.3 Å². The van der Waals surface area contributed by atoms with Gasteiger partial charge in [0.15, 0.2) is 0 Å². The van der Waals surface area contributed by atoms with Crippen LogP contribution in [0.3, 0.4) is 0 Å². The van der Waals surface area contributed by atoms with Crippen molar-refractivity contribution >= 4 is 37.8 Å². The van der Waals surface area contributed by atoms with Crippen LogP contribution < -0.4 is 0 Å². The molecular formula is C10H14Br2N2O3. The number of rotatable bonds is 6. The summed E-state index contributed by atoms with van der Waals surface area (Å²) in [6.07, 6.45) is 1.50. The maximum absolute atomic E-state index is 11.7. The third-order valence-electron chi connectivity index (χ3n) is 2.11. The summed E-state index contributed by atoms with van der Waals surface area (Å²) in [6, 6.07) is 0. The first-order valence-corrected chi connectivity index (χ1v) is 6.90. The predicted molar refractivity (Wildman–Crippen MR) is 69.9 cm³/mol. The number of aromatic nitrogens is 2. The largest absolute Gasteiger partial charge is 0.462 e. The van der Waals surface area contributed by atoms with Gasteiger partial charge in [-0.25, -0.2) is 4.79 Å². The second-order valence-corrected chi connectivity index (χ2v) is 4.83. The first kappa shape index (κ1) is 14.7. The number of aliphatic hydroxyl groups excluding tert-OH is 1. The Hall–Kier alpha value is -0.400. The lowest BCUT2D eigenvalue weighted by Gasteiger charge is -2.03. The molecule has 1 N–H and O–H groups in total. The molecule has 0 aliphatic carbocycles. The molecule has 1 aromatic heterocycles. The highest BCUT2D eigenvalue weighted by Gasteiger charge is 2.21. The fourth-order valence-electron chi connectivity index (χ4n) is 1.31. The molecular weight excluding hydrogens is 356 g/mol. The van der Waals surface area contributed by atoms with E-state index in [1.807, 2.05) is 0 Å². The van der Waals surface area contributed by atoms with Crippen molar-refractivity contribution in [3.8, 4) is 0 Å². The highest BCUT2D eigenvalue weighted by atomic mass is 79.9. The first-order valence-electron chi connectivity index (χ1n) is 5.31. The van der Waals surface area contributed by atoms with Gasteiger partial charge < -0.3 is 9.84 Å². The van der Waals surface area contributed by atoms with Gasteiger partial charge in [0.2, 0.25) is 0 Å². The van der Waals surface area contributed by atoms with Crippen LogP contribution in [0.15, 0.2) is 9.21 Å². The number of hydrogen-bond acceptors (Lipinski definition) is 4. The summed E-state index contributed by atoms with van der Waals surface area (Å²) in [5.41, 5.74) is 0.399. The quantitative estimate of drug-likeness (QED) is 0.617. The Labute approximate surface area is 116 Å². The van der Waals surface area contributed by atoms with Crippen molar-refractivity contribution in [2.45, 2.75) is 26.3 Å². The number of aryl methyl sites for hydroxylation is 1. The minimum absolute atomic E-state index is 0.158. The van der Waals surface area contributed by atoms with Crippen molar-refractivity contribution in [2.75, 3.05) is 13.2 Å². The fourth-order valence-corrected chi connectivity index (χ4v) is 2.72. The molecule has 17 heavy (non-hydrogen) atoms. The summed E-state index contributed by atoms with van der Waals surface area (Å²) in [4.78, 5) is 11.7. The van der Waals surface area contributed by atoms with E-state index in [-0.39, 0.29) is 6.61 Å². The van der Waals surface area contributed by atoms with Gasteiger partial charge in [0.05, 0.1) is 6.61 Å². The number of ether oxygens (including phenoxy) is 1. The van der Waals surface area contributed by atoms with E-state index < -0.39 is 5.97 Å². The van der Waals surface area contributed by atoms with Gasteiger partial charge in [0.25, 0.3) is 0 Å². The van der Waals surface area contributed by atoms with Gasteiger partial charge >= 0.3 is 5.97 Å². The summed E-state index contributed by atoms with van der Waals surface area (Å²) < 4.78 is 7.67. The number of unbranched alkanes of at least 4 members (excludes halogenated alkanes) is 1. The topological polar surface area (TPSA) is 64.3 Å². The third-order valence-corrected chi connectivity index (χ3v) is 3.47.